The number of benzene rings is 2. The summed E-state index contributed by atoms with van der Waals surface area (Å²) < 4.78 is 0. The van der Waals surface area contributed by atoms with Gasteiger partial charge >= 0.3 is 0 Å². The molecule has 2 N–H and O–H groups in total. The van der Waals surface area contributed by atoms with Gasteiger partial charge in [0.15, 0.2) is 0 Å². The number of aliphatic hydroxyl groups is 2. The predicted octanol–water partition coefficient (Wildman–Crippen LogP) is 2.41. The second kappa shape index (κ2) is 5.58. The van der Waals surface area contributed by atoms with Crippen molar-refractivity contribution in [2.75, 3.05) is 18.0 Å². The van der Waals surface area contributed by atoms with Gasteiger partial charge in [-0.05, 0) is 48.6 Å². The summed E-state index contributed by atoms with van der Waals surface area (Å²) in [6.07, 6.45) is 1.22. The average Bonchev–Trinajstić information content (AvgIpc) is 3.44. The van der Waals surface area contributed by atoms with E-state index in [0.717, 1.165) is 22.8 Å². The first-order valence-electron chi connectivity index (χ1n) is 8.88. The Morgan fingerprint density at radius 1 is 0.960 bits per heavy atom. The number of amidine groups is 1. The van der Waals surface area contributed by atoms with Gasteiger partial charge in [-0.25, -0.2) is 4.99 Å². The molecule has 5 heteroatoms. The van der Waals surface area contributed by atoms with E-state index >= 15 is 0 Å². The standard InChI is InChI=1S/C20H21N3O2/c24-16-11-22(12-16)19-17-9-8-14(13-6-7-13)10-18(17)23(20(25)21-19)15-4-2-1-3-5-15/h1-5,8-10,13,16,20,24-25H,6-7,11-12H2. The van der Waals surface area contributed by atoms with Crippen molar-refractivity contribution in [2.24, 2.45) is 4.99 Å². The van der Waals surface area contributed by atoms with Crippen molar-refractivity contribution in [3.05, 3.63) is 59.7 Å². The van der Waals surface area contributed by atoms with Crippen molar-refractivity contribution in [2.45, 2.75) is 31.2 Å². The molecule has 0 bridgehead atoms. The minimum absolute atomic E-state index is 0.304. The molecule has 5 rings (SSSR count). The molecular weight excluding hydrogens is 314 g/mol. The maximum atomic E-state index is 10.8. The fourth-order valence-electron chi connectivity index (χ4n) is 3.71. The summed E-state index contributed by atoms with van der Waals surface area (Å²) in [5.74, 6) is 1.43. The lowest BCUT2D eigenvalue weighted by atomic mass is 10.00. The lowest BCUT2D eigenvalue weighted by Crippen LogP contribution is -2.55. The van der Waals surface area contributed by atoms with Crippen molar-refractivity contribution in [1.29, 1.82) is 0 Å². The Balaban J connectivity index is 1.62. The summed E-state index contributed by atoms with van der Waals surface area (Å²) >= 11 is 0. The lowest BCUT2D eigenvalue weighted by Gasteiger charge is -2.43. The van der Waals surface area contributed by atoms with E-state index in [1.165, 1.54) is 18.4 Å². The third-order valence-corrected chi connectivity index (χ3v) is 5.24. The molecule has 25 heavy (non-hydrogen) atoms. The zero-order valence-corrected chi connectivity index (χ0v) is 13.9. The first kappa shape index (κ1) is 14.9. The molecule has 1 saturated carbocycles. The highest BCUT2D eigenvalue weighted by atomic mass is 16.3. The summed E-state index contributed by atoms with van der Waals surface area (Å²) in [6, 6.07) is 16.4. The van der Waals surface area contributed by atoms with Crippen LogP contribution in [-0.4, -0.2) is 46.5 Å². The van der Waals surface area contributed by atoms with Gasteiger partial charge in [0.05, 0.1) is 11.8 Å². The van der Waals surface area contributed by atoms with E-state index in [4.69, 9.17) is 0 Å². The van der Waals surface area contributed by atoms with Gasteiger partial charge in [0, 0.05) is 24.3 Å². The minimum atomic E-state index is -0.961. The fraction of sp³-hybridized carbons (Fsp3) is 0.350. The van der Waals surface area contributed by atoms with E-state index in [0.29, 0.717) is 19.0 Å². The molecule has 1 unspecified atom stereocenters. The molecule has 0 spiro atoms. The SMILES string of the molecule is OC1CN(C2=NC(O)N(c3ccccc3)c3cc(C4CC4)ccc32)C1. The Hall–Kier alpha value is -2.37. The topological polar surface area (TPSA) is 59.3 Å². The highest BCUT2D eigenvalue weighted by molar-refractivity contribution is 6.06. The fourth-order valence-corrected chi connectivity index (χ4v) is 3.71. The molecule has 128 valence electrons. The third kappa shape index (κ3) is 2.51. The van der Waals surface area contributed by atoms with Crippen LogP contribution in [0.1, 0.15) is 29.9 Å². The first-order chi connectivity index (χ1) is 12.2. The van der Waals surface area contributed by atoms with Crippen molar-refractivity contribution in [1.82, 2.24) is 4.90 Å². The highest BCUT2D eigenvalue weighted by Crippen LogP contribution is 2.44. The van der Waals surface area contributed by atoms with Gasteiger partial charge in [0.1, 0.15) is 5.84 Å². The Labute approximate surface area is 146 Å². The van der Waals surface area contributed by atoms with Gasteiger partial charge in [-0.3, -0.25) is 4.90 Å². The van der Waals surface area contributed by atoms with Gasteiger partial charge in [0.25, 0.3) is 0 Å². The Bertz CT molecular complexity index is 826. The van der Waals surface area contributed by atoms with Crippen LogP contribution in [0.3, 0.4) is 0 Å². The molecule has 1 aliphatic carbocycles. The summed E-state index contributed by atoms with van der Waals surface area (Å²) in [5, 5.41) is 20.4. The van der Waals surface area contributed by atoms with Crippen LogP contribution in [0.15, 0.2) is 53.5 Å². The number of β-amino-alcohol motifs (C(OH)–C–C–N with tert-alkyl or cyclic N) is 1. The Morgan fingerprint density at radius 2 is 1.72 bits per heavy atom. The predicted molar refractivity (Wildman–Crippen MR) is 97.1 cm³/mol. The third-order valence-electron chi connectivity index (χ3n) is 5.24. The monoisotopic (exact) mass is 335 g/mol. The summed E-state index contributed by atoms with van der Waals surface area (Å²) in [6.45, 7) is 1.14. The minimum Gasteiger partial charge on any atom is -0.389 e. The van der Waals surface area contributed by atoms with Crippen LogP contribution < -0.4 is 4.90 Å². The maximum Gasteiger partial charge on any atom is 0.231 e. The van der Waals surface area contributed by atoms with Crippen LogP contribution in [0.25, 0.3) is 0 Å². The molecular formula is C20H21N3O2. The summed E-state index contributed by atoms with van der Waals surface area (Å²) in [4.78, 5) is 8.46. The van der Waals surface area contributed by atoms with Gasteiger partial charge in [-0.15, -0.1) is 0 Å². The second-order valence-corrected chi connectivity index (χ2v) is 7.11. The molecule has 2 heterocycles. The van der Waals surface area contributed by atoms with Gasteiger partial charge in [-0.1, -0.05) is 24.3 Å². The van der Waals surface area contributed by atoms with E-state index < -0.39 is 6.35 Å². The molecule has 2 fully saturated rings. The van der Waals surface area contributed by atoms with Crippen LogP contribution in [0.5, 0.6) is 0 Å². The van der Waals surface area contributed by atoms with E-state index in [1.54, 1.807) is 0 Å². The first-order valence-corrected chi connectivity index (χ1v) is 8.88. The molecule has 2 aliphatic heterocycles. The van der Waals surface area contributed by atoms with Crippen molar-refractivity contribution in [3.8, 4) is 0 Å². The molecule has 0 radical (unpaired) electrons. The number of likely N-dealkylation sites (tertiary alicyclic amines) is 1. The normalized spacial score (nSPS) is 23.1. The van der Waals surface area contributed by atoms with Crippen LogP contribution in [0.4, 0.5) is 11.4 Å². The lowest BCUT2D eigenvalue weighted by molar-refractivity contribution is 0.0453. The number of aliphatic hydroxyl groups excluding tert-OH is 2. The highest BCUT2D eigenvalue weighted by Gasteiger charge is 2.36. The number of hydrogen-bond donors (Lipinski definition) is 2. The number of anilines is 2. The maximum absolute atomic E-state index is 10.8. The average molecular weight is 335 g/mol. The van der Waals surface area contributed by atoms with E-state index in [-0.39, 0.29) is 6.10 Å². The molecule has 5 nitrogen and oxygen atoms in total. The Kier molecular flexibility index (Phi) is 3.33. The number of fused-ring (bicyclic) bond motifs is 1. The van der Waals surface area contributed by atoms with Crippen molar-refractivity contribution < 1.29 is 10.2 Å². The van der Waals surface area contributed by atoms with E-state index in [9.17, 15) is 10.2 Å². The molecule has 1 saturated heterocycles. The van der Waals surface area contributed by atoms with Gasteiger partial charge in [-0.2, -0.15) is 0 Å². The van der Waals surface area contributed by atoms with Crippen molar-refractivity contribution >= 4 is 17.2 Å². The van der Waals surface area contributed by atoms with Gasteiger partial charge in [0.2, 0.25) is 6.35 Å². The van der Waals surface area contributed by atoms with Crippen LogP contribution in [-0.2, 0) is 0 Å². The van der Waals surface area contributed by atoms with Crippen LogP contribution >= 0.6 is 0 Å². The van der Waals surface area contributed by atoms with Crippen LogP contribution in [0, 0.1) is 0 Å². The number of para-hydroxylation sites is 1. The van der Waals surface area contributed by atoms with Crippen molar-refractivity contribution in [3.63, 3.8) is 0 Å². The largest absolute Gasteiger partial charge is 0.389 e. The zero-order valence-electron chi connectivity index (χ0n) is 13.9. The molecule has 1 atom stereocenters. The second-order valence-electron chi connectivity index (χ2n) is 7.11. The number of rotatable bonds is 2. The molecule has 3 aliphatic rings. The molecule has 2 aromatic carbocycles. The summed E-state index contributed by atoms with van der Waals surface area (Å²) in [7, 11) is 0. The van der Waals surface area contributed by atoms with E-state index in [1.807, 2.05) is 40.1 Å². The molecule has 0 aromatic heterocycles. The quantitative estimate of drug-likeness (QED) is 0.885. The van der Waals surface area contributed by atoms with E-state index in [2.05, 4.69) is 23.2 Å². The molecule has 0 amide bonds. The Morgan fingerprint density at radius 3 is 2.40 bits per heavy atom. The summed E-state index contributed by atoms with van der Waals surface area (Å²) in [5.41, 5.74) is 4.27. The van der Waals surface area contributed by atoms with Crippen LogP contribution in [0.2, 0.25) is 0 Å². The number of nitrogens with zero attached hydrogens (tertiary/aromatic N) is 3. The molecule has 2 aromatic rings. The number of aliphatic imine (C=N–C) groups is 1. The number of hydrogen-bond acceptors (Lipinski definition) is 5. The zero-order chi connectivity index (χ0) is 17.0. The van der Waals surface area contributed by atoms with Gasteiger partial charge < -0.3 is 15.1 Å². The smallest absolute Gasteiger partial charge is 0.231 e.